The normalized spacial score (nSPS) is 11.5. The Labute approximate surface area is 200 Å². The van der Waals surface area contributed by atoms with E-state index in [0.29, 0.717) is 12.1 Å². The van der Waals surface area contributed by atoms with Gasteiger partial charge in [0.1, 0.15) is 11.6 Å². The van der Waals surface area contributed by atoms with Crippen LogP contribution in [0.15, 0.2) is 97.1 Å². The van der Waals surface area contributed by atoms with Crippen molar-refractivity contribution < 1.29 is 23.2 Å². The zero-order valence-corrected chi connectivity index (χ0v) is 18.4. The maximum atomic E-state index is 13.3. The first-order valence-corrected chi connectivity index (χ1v) is 10.7. The summed E-state index contributed by atoms with van der Waals surface area (Å²) in [5.41, 5.74) is 1.91. The average molecular weight is 474 g/mol. The zero-order valence-electron chi connectivity index (χ0n) is 18.4. The molecule has 0 saturated heterocycles. The van der Waals surface area contributed by atoms with Gasteiger partial charge in [0, 0.05) is 11.8 Å². The highest BCUT2D eigenvalue weighted by molar-refractivity contribution is 5.91. The molecule has 0 heterocycles. The van der Waals surface area contributed by atoms with E-state index in [2.05, 4.69) is 5.32 Å². The fourth-order valence-electron chi connectivity index (χ4n) is 3.58. The van der Waals surface area contributed by atoms with Gasteiger partial charge in [-0.15, -0.1) is 0 Å². The number of anilines is 1. The fraction of sp³-hybridized carbons (Fsp3) is 0.0741. The number of ether oxygens (including phenoxy) is 1. The van der Waals surface area contributed by atoms with Crippen molar-refractivity contribution in [2.24, 2.45) is 0 Å². The Kier molecular flexibility index (Phi) is 7.11. The third kappa shape index (κ3) is 6.05. The molecule has 0 amide bonds. The molecule has 1 atom stereocenters. The Morgan fingerprint density at radius 3 is 2.14 bits per heavy atom. The lowest BCUT2D eigenvalue weighted by Gasteiger charge is -2.21. The number of nitro benzene ring substituents is 1. The van der Waals surface area contributed by atoms with Crippen molar-refractivity contribution in [3.8, 4) is 5.75 Å². The Hall–Kier alpha value is -4.59. The number of nitrogens with one attached hydrogen (secondary N) is 1. The van der Waals surface area contributed by atoms with Crippen molar-refractivity contribution in [3.63, 3.8) is 0 Å². The van der Waals surface area contributed by atoms with Crippen LogP contribution in [0.4, 0.5) is 20.2 Å². The lowest BCUT2D eigenvalue weighted by Crippen LogP contribution is -2.14. The van der Waals surface area contributed by atoms with E-state index in [0.717, 1.165) is 23.3 Å². The first-order valence-electron chi connectivity index (χ1n) is 10.7. The first-order chi connectivity index (χ1) is 16.9. The lowest BCUT2D eigenvalue weighted by atomic mass is 9.98. The Balaban J connectivity index is 1.59. The monoisotopic (exact) mass is 474 g/mol. The molecular weight excluding hydrogens is 454 g/mol. The molecule has 1 unspecified atom stereocenters. The van der Waals surface area contributed by atoms with Gasteiger partial charge in [-0.25, -0.2) is 13.6 Å². The molecule has 8 heteroatoms. The predicted molar refractivity (Wildman–Crippen MR) is 127 cm³/mol. The molecule has 4 rings (SSSR count). The van der Waals surface area contributed by atoms with Gasteiger partial charge in [-0.05, 0) is 66.1 Å². The molecule has 0 saturated carbocycles. The highest BCUT2D eigenvalue weighted by Gasteiger charge is 2.21. The molecule has 4 aromatic carbocycles. The molecule has 0 aromatic heterocycles. The lowest BCUT2D eigenvalue weighted by molar-refractivity contribution is -0.385. The van der Waals surface area contributed by atoms with Crippen LogP contribution in [0, 0.1) is 21.7 Å². The largest absolute Gasteiger partial charge is 0.416 e. The van der Waals surface area contributed by atoms with Gasteiger partial charge >= 0.3 is 11.7 Å². The number of esters is 1. The SMILES string of the molecule is O=C(Oc1ccc(NC(Cc2ccc(F)cc2)c2ccccc2)cc1[N+](=O)[O-])c1ccc(F)cc1. The van der Waals surface area contributed by atoms with Gasteiger partial charge in [0.15, 0.2) is 0 Å². The highest BCUT2D eigenvalue weighted by Crippen LogP contribution is 2.33. The number of halogens is 2. The summed E-state index contributed by atoms with van der Waals surface area (Å²) in [5, 5.41) is 15.0. The molecule has 1 N–H and O–H groups in total. The number of rotatable bonds is 8. The number of hydrogen-bond acceptors (Lipinski definition) is 5. The molecule has 6 nitrogen and oxygen atoms in total. The van der Waals surface area contributed by atoms with Gasteiger partial charge in [-0.3, -0.25) is 10.1 Å². The van der Waals surface area contributed by atoms with Crippen LogP contribution in [0.5, 0.6) is 5.75 Å². The zero-order chi connectivity index (χ0) is 24.8. The molecular formula is C27H20F2N2O4. The number of nitro groups is 1. The van der Waals surface area contributed by atoms with E-state index in [1.54, 1.807) is 18.2 Å². The number of nitrogens with zero attached hydrogens (tertiary/aromatic N) is 1. The summed E-state index contributed by atoms with van der Waals surface area (Å²) < 4.78 is 31.7. The second-order valence-corrected chi connectivity index (χ2v) is 7.77. The average Bonchev–Trinajstić information content (AvgIpc) is 2.86. The van der Waals surface area contributed by atoms with Gasteiger partial charge in [0.25, 0.3) is 0 Å². The third-order valence-electron chi connectivity index (χ3n) is 5.33. The quantitative estimate of drug-likeness (QED) is 0.137. The molecule has 0 aliphatic rings. The second-order valence-electron chi connectivity index (χ2n) is 7.77. The highest BCUT2D eigenvalue weighted by atomic mass is 19.1. The van der Waals surface area contributed by atoms with Crippen molar-refractivity contribution in [2.75, 3.05) is 5.32 Å². The smallest absolute Gasteiger partial charge is 0.343 e. The van der Waals surface area contributed by atoms with E-state index < -0.39 is 22.4 Å². The van der Waals surface area contributed by atoms with Crippen LogP contribution in [0.2, 0.25) is 0 Å². The van der Waals surface area contributed by atoms with Crippen LogP contribution in [0.3, 0.4) is 0 Å². The van der Waals surface area contributed by atoms with Crippen molar-refractivity contribution in [3.05, 3.63) is 136 Å². The molecule has 0 radical (unpaired) electrons. The molecule has 4 aromatic rings. The van der Waals surface area contributed by atoms with E-state index in [1.165, 1.54) is 36.4 Å². The summed E-state index contributed by atoms with van der Waals surface area (Å²) in [7, 11) is 0. The number of carbonyl (C=O) groups is 1. The van der Waals surface area contributed by atoms with E-state index >= 15 is 0 Å². The molecule has 176 valence electrons. The standard InChI is InChI=1S/C27H20F2N2O4/c28-21-10-6-18(7-11-21)16-24(19-4-2-1-3-5-19)30-23-14-15-26(25(17-23)31(33)34)35-27(32)20-8-12-22(29)13-9-20/h1-15,17,24,30H,16H2. The van der Waals surface area contributed by atoms with Gasteiger partial charge in [-0.2, -0.15) is 0 Å². The molecule has 0 bridgehead atoms. The summed E-state index contributed by atoms with van der Waals surface area (Å²) in [6.45, 7) is 0. The second kappa shape index (κ2) is 10.6. The molecule has 0 aliphatic heterocycles. The van der Waals surface area contributed by atoms with Crippen LogP contribution in [0.1, 0.15) is 27.5 Å². The summed E-state index contributed by atoms with van der Waals surface area (Å²) in [6, 6.07) is 24.2. The van der Waals surface area contributed by atoms with Crippen LogP contribution >= 0.6 is 0 Å². The number of hydrogen-bond donors (Lipinski definition) is 1. The van der Waals surface area contributed by atoms with E-state index in [4.69, 9.17) is 4.74 Å². The van der Waals surface area contributed by atoms with E-state index in [-0.39, 0.29) is 23.2 Å². The van der Waals surface area contributed by atoms with Crippen LogP contribution in [0.25, 0.3) is 0 Å². The summed E-state index contributed by atoms with van der Waals surface area (Å²) in [4.78, 5) is 23.4. The first kappa shape index (κ1) is 23.6. The number of benzene rings is 4. The minimum Gasteiger partial charge on any atom is -0.416 e. The maximum absolute atomic E-state index is 13.3. The van der Waals surface area contributed by atoms with Crippen LogP contribution < -0.4 is 10.1 Å². The minimum atomic E-state index is -0.840. The molecule has 0 spiro atoms. The fourth-order valence-corrected chi connectivity index (χ4v) is 3.58. The minimum absolute atomic E-state index is 0.0614. The summed E-state index contributed by atoms with van der Waals surface area (Å²) >= 11 is 0. The van der Waals surface area contributed by atoms with Crippen LogP contribution in [-0.2, 0) is 6.42 Å². The van der Waals surface area contributed by atoms with Crippen molar-refractivity contribution in [1.82, 2.24) is 0 Å². The van der Waals surface area contributed by atoms with Crippen molar-refractivity contribution in [1.29, 1.82) is 0 Å². The predicted octanol–water partition coefficient (Wildman–Crippen LogP) is 6.49. The maximum Gasteiger partial charge on any atom is 0.343 e. The molecule has 35 heavy (non-hydrogen) atoms. The Bertz CT molecular complexity index is 1330. The summed E-state index contributed by atoms with van der Waals surface area (Å²) in [6.07, 6.45) is 0.499. The topological polar surface area (TPSA) is 81.5 Å². The van der Waals surface area contributed by atoms with E-state index in [9.17, 15) is 23.7 Å². The Morgan fingerprint density at radius 1 is 0.886 bits per heavy atom. The van der Waals surface area contributed by atoms with Crippen molar-refractivity contribution in [2.45, 2.75) is 12.5 Å². The summed E-state index contributed by atoms with van der Waals surface area (Å²) in [5.74, 6) is -1.92. The van der Waals surface area contributed by atoms with Crippen molar-refractivity contribution >= 4 is 17.3 Å². The van der Waals surface area contributed by atoms with Gasteiger partial charge in [0.05, 0.1) is 16.5 Å². The van der Waals surface area contributed by atoms with E-state index in [1.807, 2.05) is 30.3 Å². The van der Waals surface area contributed by atoms with Gasteiger partial charge in [0.2, 0.25) is 5.75 Å². The van der Waals surface area contributed by atoms with Gasteiger partial charge in [-0.1, -0.05) is 42.5 Å². The number of carbonyl (C=O) groups excluding carboxylic acids is 1. The van der Waals surface area contributed by atoms with Gasteiger partial charge < -0.3 is 10.1 Å². The molecule has 0 fully saturated rings. The Morgan fingerprint density at radius 2 is 1.51 bits per heavy atom. The molecule has 0 aliphatic carbocycles. The third-order valence-corrected chi connectivity index (χ3v) is 5.33. The van der Waals surface area contributed by atoms with Crippen LogP contribution in [-0.4, -0.2) is 10.9 Å².